The molecule has 0 atom stereocenters. The molecule has 0 unspecified atom stereocenters. The van der Waals surface area contributed by atoms with Crippen LogP contribution in [-0.2, 0) is 4.79 Å². The molecule has 0 aliphatic heterocycles. The van der Waals surface area contributed by atoms with E-state index in [9.17, 15) is 4.79 Å². The van der Waals surface area contributed by atoms with Gasteiger partial charge in [-0.05, 0) is 12.8 Å². The van der Waals surface area contributed by atoms with E-state index in [-0.39, 0.29) is 5.91 Å². The van der Waals surface area contributed by atoms with Crippen molar-refractivity contribution in [3.05, 3.63) is 0 Å². The van der Waals surface area contributed by atoms with Crippen LogP contribution in [0.4, 0.5) is 0 Å². The Morgan fingerprint density at radius 1 is 1.09 bits per heavy atom. The van der Waals surface area contributed by atoms with E-state index in [2.05, 4.69) is 13.8 Å². The molecule has 0 saturated heterocycles. The minimum Gasteiger partial charge on any atom is -0.343 e. The number of rotatable bonds is 5. The molecule has 0 rings (SSSR count). The number of carbonyl (C=O) groups excluding carboxylic acids is 1. The Bertz CT molecular complexity index is 106. The standard InChI is InChI=1S/C9H19NO/c1-4-7-10(8-5-2)9(11)6-3/h4-8H2,1-3H3. The summed E-state index contributed by atoms with van der Waals surface area (Å²) in [4.78, 5) is 13.2. The smallest absolute Gasteiger partial charge is 0.222 e. The van der Waals surface area contributed by atoms with Crippen molar-refractivity contribution in [2.45, 2.75) is 40.0 Å². The third kappa shape index (κ3) is 4.02. The molecule has 0 spiro atoms. The average molecular weight is 157 g/mol. The summed E-state index contributed by atoms with van der Waals surface area (Å²) in [5.74, 6) is 0.286. The van der Waals surface area contributed by atoms with Crippen LogP contribution in [0.3, 0.4) is 0 Å². The van der Waals surface area contributed by atoms with Crippen LogP contribution >= 0.6 is 0 Å². The molecule has 0 heterocycles. The Morgan fingerprint density at radius 2 is 1.55 bits per heavy atom. The first-order valence-electron chi connectivity index (χ1n) is 4.54. The molecule has 0 aromatic heterocycles. The minimum atomic E-state index is 0.286. The lowest BCUT2D eigenvalue weighted by Crippen LogP contribution is -2.31. The first-order chi connectivity index (χ1) is 5.26. The van der Waals surface area contributed by atoms with Crippen molar-refractivity contribution >= 4 is 5.91 Å². The van der Waals surface area contributed by atoms with Gasteiger partial charge in [0.15, 0.2) is 0 Å². The van der Waals surface area contributed by atoms with Crippen LogP contribution in [0.25, 0.3) is 0 Å². The molecule has 66 valence electrons. The van der Waals surface area contributed by atoms with Gasteiger partial charge in [0.2, 0.25) is 5.91 Å². The second kappa shape index (κ2) is 6.20. The summed E-state index contributed by atoms with van der Waals surface area (Å²) in [7, 11) is 0. The van der Waals surface area contributed by atoms with Crippen LogP contribution in [0, 0.1) is 0 Å². The van der Waals surface area contributed by atoms with Gasteiger partial charge in [0.1, 0.15) is 0 Å². The van der Waals surface area contributed by atoms with Gasteiger partial charge >= 0.3 is 0 Å². The van der Waals surface area contributed by atoms with Crippen molar-refractivity contribution in [3.63, 3.8) is 0 Å². The zero-order valence-electron chi connectivity index (χ0n) is 7.89. The lowest BCUT2D eigenvalue weighted by Gasteiger charge is -2.20. The summed E-state index contributed by atoms with van der Waals surface area (Å²) in [5, 5.41) is 0. The fourth-order valence-electron chi connectivity index (χ4n) is 1.12. The monoisotopic (exact) mass is 157 g/mol. The van der Waals surface area contributed by atoms with Crippen LogP contribution in [0.5, 0.6) is 0 Å². The van der Waals surface area contributed by atoms with Crippen LogP contribution in [0.1, 0.15) is 40.0 Å². The largest absolute Gasteiger partial charge is 0.343 e. The molecule has 0 saturated carbocycles. The molecule has 11 heavy (non-hydrogen) atoms. The minimum absolute atomic E-state index is 0.286. The number of hydrogen-bond acceptors (Lipinski definition) is 1. The number of hydrogen-bond donors (Lipinski definition) is 0. The highest BCUT2D eigenvalue weighted by molar-refractivity contribution is 5.75. The van der Waals surface area contributed by atoms with Gasteiger partial charge in [0.25, 0.3) is 0 Å². The molecule has 2 nitrogen and oxygen atoms in total. The van der Waals surface area contributed by atoms with E-state index >= 15 is 0 Å². The fraction of sp³-hybridized carbons (Fsp3) is 0.889. The van der Waals surface area contributed by atoms with Crippen LogP contribution < -0.4 is 0 Å². The van der Waals surface area contributed by atoms with Gasteiger partial charge in [-0.15, -0.1) is 0 Å². The van der Waals surface area contributed by atoms with E-state index in [0.29, 0.717) is 6.42 Å². The molecule has 0 aliphatic rings. The van der Waals surface area contributed by atoms with E-state index in [1.807, 2.05) is 11.8 Å². The van der Waals surface area contributed by atoms with E-state index < -0.39 is 0 Å². The molecule has 1 amide bonds. The van der Waals surface area contributed by atoms with E-state index in [1.165, 1.54) is 0 Å². The fourth-order valence-corrected chi connectivity index (χ4v) is 1.12. The molecular formula is C9H19NO. The van der Waals surface area contributed by atoms with Crippen molar-refractivity contribution in [1.82, 2.24) is 4.90 Å². The van der Waals surface area contributed by atoms with Gasteiger partial charge in [-0.25, -0.2) is 0 Å². The van der Waals surface area contributed by atoms with Gasteiger partial charge in [0.05, 0.1) is 0 Å². The Kier molecular flexibility index (Phi) is 5.90. The topological polar surface area (TPSA) is 20.3 Å². The maximum atomic E-state index is 11.2. The Balaban J connectivity index is 3.76. The summed E-state index contributed by atoms with van der Waals surface area (Å²) in [5.41, 5.74) is 0. The van der Waals surface area contributed by atoms with E-state index in [0.717, 1.165) is 25.9 Å². The maximum Gasteiger partial charge on any atom is 0.222 e. The lowest BCUT2D eigenvalue weighted by atomic mass is 10.3. The van der Waals surface area contributed by atoms with E-state index in [1.54, 1.807) is 0 Å². The van der Waals surface area contributed by atoms with Crippen molar-refractivity contribution in [2.24, 2.45) is 0 Å². The van der Waals surface area contributed by atoms with Crippen LogP contribution in [0.2, 0.25) is 0 Å². The van der Waals surface area contributed by atoms with Crippen molar-refractivity contribution in [3.8, 4) is 0 Å². The molecule has 0 N–H and O–H groups in total. The van der Waals surface area contributed by atoms with Gasteiger partial charge < -0.3 is 4.90 Å². The number of nitrogens with zero attached hydrogens (tertiary/aromatic N) is 1. The van der Waals surface area contributed by atoms with Gasteiger partial charge in [-0.3, -0.25) is 4.79 Å². The van der Waals surface area contributed by atoms with Gasteiger partial charge in [0, 0.05) is 19.5 Å². The molecule has 2 heteroatoms. The number of amides is 1. The number of carbonyl (C=O) groups is 1. The highest BCUT2D eigenvalue weighted by Crippen LogP contribution is 1.97. The summed E-state index contributed by atoms with van der Waals surface area (Å²) in [6, 6.07) is 0. The highest BCUT2D eigenvalue weighted by Gasteiger charge is 2.07. The average Bonchev–Trinajstić information content (AvgIpc) is 2.03. The van der Waals surface area contributed by atoms with Gasteiger partial charge in [-0.2, -0.15) is 0 Å². The predicted octanol–water partition coefficient (Wildman–Crippen LogP) is 2.04. The third-order valence-electron chi connectivity index (χ3n) is 1.64. The third-order valence-corrected chi connectivity index (χ3v) is 1.64. The van der Waals surface area contributed by atoms with Gasteiger partial charge in [-0.1, -0.05) is 20.8 Å². The van der Waals surface area contributed by atoms with E-state index in [4.69, 9.17) is 0 Å². The first-order valence-corrected chi connectivity index (χ1v) is 4.54. The van der Waals surface area contributed by atoms with Crippen molar-refractivity contribution in [1.29, 1.82) is 0 Å². The highest BCUT2D eigenvalue weighted by atomic mass is 16.2. The lowest BCUT2D eigenvalue weighted by molar-refractivity contribution is -0.130. The van der Waals surface area contributed by atoms with Crippen LogP contribution in [-0.4, -0.2) is 23.9 Å². The molecule has 0 radical (unpaired) electrons. The Hall–Kier alpha value is -0.530. The molecule has 0 bridgehead atoms. The zero-order valence-corrected chi connectivity index (χ0v) is 7.89. The zero-order chi connectivity index (χ0) is 8.69. The quantitative estimate of drug-likeness (QED) is 0.598. The normalized spacial score (nSPS) is 9.73. The summed E-state index contributed by atoms with van der Waals surface area (Å²) in [6.45, 7) is 7.96. The maximum absolute atomic E-state index is 11.2. The predicted molar refractivity (Wildman–Crippen MR) is 47.5 cm³/mol. The van der Waals surface area contributed by atoms with Crippen molar-refractivity contribution in [2.75, 3.05) is 13.1 Å². The molecule has 0 aliphatic carbocycles. The summed E-state index contributed by atoms with van der Waals surface area (Å²) >= 11 is 0. The SMILES string of the molecule is CCCN(CCC)C(=O)CC. The molecule has 0 fully saturated rings. The molecular weight excluding hydrogens is 138 g/mol. The Morgan fingerprint density at radius 3 is 1.82 bits per heavy atom. The summed E-state index contributed by atoms with van der Waals surface area (Å²) in [6.07, 6.45) is 2.76. The Labute approximate surface area is 69.6 Å². The van der Waals surface area contributed by atoms with Crippen LogP contribution in [0.15, 0.2) is 0 Å². The first kappa shape index (κ1) is 10.5. The second-order valence-corrected chi connectivity index (χ2v) is 2.73. The van der Waals surface area contributed by atoms with Crippen molar-refractivity contribution < 1.29 is 4.79 Å². The molecule has 0 aromatic rings. The summed E-state index contributed by atoms with van der Waals surface area (Å²) < 4.78 is 0. The molecule has 0 aromatic carbocycles. The second-order valence-electron chi connectivity index (χ2n) is 2.73.